The summed E-state index contributed by atoms with van der Waals surface area (Å²) in [5.74, 6) is 1.72. The molecule has 136 valence electrons. The molecule has 0 unspecified atom stereocenters. The van der Waals surface area contributed by atoms with Crippen molar-refractivity contribution >= 4 is 0 Å². The van der Waals surface area contributed by atoms with Crippen LogP contribution < -0.4 is 0 Å². The first-order valence-electron chi connectivity index (χ1n) is 10.0. The highest BCUT2D eigenvalue weighted by Crippen LogP contribution is 2.21. The van der Waals surface area contributed by atoms with E-state index < -0.39 is 0 Å². The molecule has 2 fully saturated rings. The standard InChI is InChI=1S/C20H36N4/c1-19-15-20(2)17-24(16-19)14-13-23-12-11-22(18-23)10-6-9-21-7-4-3-5-8-21/h3-4,19-20H,5-17H2,1-2H3/t19-,20+. The van der Waals surface area contributed by atoms with Gasteiger partial charge in [-0.2, -0.15) is 0 Å². The molecule has 4 heteroatoms. The molecule has 2 saturated heterocycles. The third-order valence-electron chi connectivity index (χ3n) is 5.60. The van der Waals surface area contributed by atoms with E-state index in [1.807, 2.05) is 0 Å². The van der Waals surface area contributed by atoms with Crippen LogP contribution in [-0.4, -0.2) is 85.0 Å². The minimum Gasteiger partial charge on any atom is -0.302 e. The Bertz CT molecular complexity index is 387. The van der Waals surface area contributed by atoms with E-state index in [4.69, 9.17) is 0 Å². The van der Waals surface area contributed by atoms with E-state index in [0.717, 1.165) is 44.6 Å². The molecule has 4 nitrogen and oxygen atoms in total. The predicted octanol–water partition coefficient (Wildman–Crippen LogP) is 2.23. The number of likely N-dealkylation sites (tertiary alicyclic amines) is 1. The van der Waals surface area contributed by atoms with E-state index in [1.54, 1.807) is 0 Å². The van der Waals surface area contributed by atoms with Gasteiger partial charge in [0.25, 0.3) is 0 Å². The second-order valence-corrected chi connectivity index (χ2v) is 8.19. The van der Waals surface area contributed by atoms with Gasteiger partial charge in [0, 0.05) is 58.9 Å². The molecular formula is C20H36N4. The Hall–Kier alpha value is -0.420. The van der Waals surface area contributed by atoms with E-state index in [0.29, 0.717) is 0 Å². The van der Waals surface area contributed by atoms with Crippen molar-refractivity contribution in [2.45, 2.75) is 33.1 Å². The molecule has 0 aromatic carbocycles. The summed E-state index contributed by atoms with van der Waals surface area (Å²) in [6, 6.07) is 0. The Morgan fingerprint density at radius 1 is 0.833 bits per heavy atom. The van der Waals surface area contributed by atoms with Crippen molar-refractivity contribution in [1.82, 2.24) is 19.6 Å². The van der Waals surface area contributed by atoms with Crippen LogP contribution in [0.4, 0.5) is 0 Å². The maximum Gasteiger partial charge on any atom is 0.146 e. The maximum absolute atomic E-state index is 3.60. The Labute approximate surface area is 149 Å². The zero-order chi connectivity index (χ0) is 16.8. The molecule has 0 aromatic heterocycles. The lowest BCUT2D eigenvalue weighted by Crippen LogP contribution is -2.42. The first-order valence-corrected chi connectivity index (χ1v) is 10.0. The van der Waals surface area contributed by atoms with Crippen molar-refractivity contribution in [3.05, 3.63) is 18.8 Å². The summed E-state index contributed by atoms with van der Waals surface area (Å²) in [5, 5.41) is 0. The minimum atomic E-state index is 0.862. The molecule has 0 aliphatic carbocycles. The molecule has 0 bridgehead atoms. The van der Waals surface area contributed by atoms with Crippen LogP contribution in [0, 0.1) is 18.5 Å². The number of hydrogen-bond acceptors (Lipinski definition) is 4. The highest BCUT2D eigenvalue weighted by Gasteiger charge is 2.25. The van der Waals surface area contributed by atoms with Crippen molar-refractivity contribution < 1.29 is 0 Å². The average Bonchev–Trinajstić information content (AvgIpc) is 3.01. The van der Waals surface area contributed by atoms with Gasteiger partial charge in [0.15, 0.2) is 0 Å². The van der Waals surface area contributed by atoms with Gasteiger partial charge in [0.1, 0.15) is 6.67 Å². The molecule has 24 heavy (non-hydrogen) atoms. The third kappa shape index (κ3) is 5.83. The maximum atomic E-state index is 3.60. The number of piperidine rings is 1. The molecule has 0 amide bonds. The van der Waals surface area contributed by atoms with Crippen LogP contribution in [0.5, 0.6) is 0 Å². The van der Waals surface area contributed by atoms with Gasteiger partial charge in [-0.1, -0.05) is 26.0 Å². The minimum absolute atomic E-state index is 0.862. The zero-order valence-corrected chi connectivity index (χ0v) is 15.8. The summed E-state index contributed by atoms with van der Waals surface area (Å²) in [6.07, 6.45) is 8.50. The third-order valence-corrected chi connectivity index (χ3v) is 5.60. The lowest BCUT2D eigenvalue weighted by Gasteiger charge is -2.35. The molecule has 0 aromatic rings. The Balaban J connectivity index is 1.27. The van der Waals surface area contributed by atoms with Gasteiger partial charge in [0.05, 0.1) is 0 Å². The highest BCUT2D eigenvalue weighted by atomic mass is 15.4. The van der Waals surface area contributed by atoms with Crippen LogP contribution >= 0.6 is 0 Å². The smallest absolute Gasteiger partial charge is 0.146 e. The molecule has 3 aliphatic heterocycles. The van der Waals surface area contributed by atoms with Gasteiger partial charge in [0.2, 0.25) is 0 Å². The fourth-order valence-corrected chi connectivity index (χ4v) is 4.48. The topological polar surface area (TPSA) is 13.0 Å². The quantitative estimate of drug-likeness (QED) is 0.663. The van der Waals surface area contributed by atoms with E-state index in [1.165, 1.54) is 52.0 Å². The first-order chi connectivity index (χ1) is 11.7. The molecule has 2 radical (unpaired) electrons. The number of rotatable bonds is 7. The predicted molar refractivity (Wildman–Crippen MR) is 101 cm³/mol. The Morgan fingerprint density at radius 3 is 2.29 bits per heavy atom. The van der Waals surface area contributed by atoms with E-state index in [2.05, 4.69) is 52.3 Å². The van der Waals surface area contributed by atoms with Gasteiger partial charge in [-0.15, -0.1) is 0 Å². The molecule has 2 atom stereocenters. The van der Waals surface area contributed by atoms with E-state index in [-0.39, 0.29) is 0 Å². The summed E-state index contributed by atoms with van der Waals surface area (Å²) < 4.78 is 0. The summed E-state index contributed by atoms with van der Waals surface area (Å²) in [4.78, 5) is 10.0. The Kier molecular flexibility index (Phi) is 7.14. The molecule has 0 spiro atoms. The lowest BCUT2D eigenvalue weighted by atomic mass is 9.92. The largest absolute Gasteiger partial charge is 0.302 e. The van der Waals surface area contributed by atoms with Crippen molar-refractivity contribution in [3.63, 3.8) is 0 Å². The molecule has 0 saturated carbocycles. The molecule has 3 heterocycles. The SMILES string of the molecule is C[C@@H]1C[C@H](C)CN(CCN2[C]N(CCCN3CC=CCC3)CC2)C1. The summed E-state index contributed by atoms with van der Waals surface area (Å²) in [6.45, 7) is 20.4. The van der Waals surface area contributed by atoms with Crippen LogP contribution in [0.25, 0.3) is 0 Å². The van der Waals surface area contributed by atoms with Gasteiger partial charge in [-0.05, 0) is 37.6 Å². The van der Waals surface area contributed by atoms with Crippen LogP contribution in [0.15, 0.2) is 12.2 Å². The van der Waals surface area contributed by atoms with Gasteiger partial charge in [-0.25, -0.2) is 0 Å². The lowest BCUT2D eigenvalue weighted by molar-refractivity contribution is 0.129. The highest BCUT2D eigenvalue weighted by molar-refractivity contribution is 4.91. The monoisotopic (exact) mass is 332 g/mol. The van der Waals surface area contributed by atoms with Gasteiger partial charge in [-0.3, -0.25) is 14.7 Å². The van der Waals surface area contributed by atoms with Crippen LogP contribution in [0.3, 0.4) is 0 Å². The van der Waals surface area contributed by atoms with E-state index in [9.17, 15) is 0 Å². The Morgan fingerprint density at radius 2 is 1.58 bits per heavy atom. The number of nitrogens with zero attached hydrogens (tertiary/aromatic N) is 4. The van der Waals surface area contributed by atoms with Gasteiger partial charge >= 0.3 is 0 Å². The first kappa shape index (κ1) is 18.4. The van der Waals surface area contributed by atoms with Crippen LogP contribution in [-0.2, 0) is 0 Å². The average molecular weight is 333 g/mol. The fourth-order valence-electron chi connectivity index (χ4n) is 4.48. The second-order valence-electron chi connectivity index (χ2n) is 8.19. The van der Waals surface area contributed by atoms with Crippen LogP contribution in [0.1, 0.15) is 33.1 Å². The van der Waals surface area contributed by atoms with E-state index >= 15 is 0 Å². The van der Waals surface area contributed by atoms with Crippen molar-refractivity contribution in [2.75, 3.05) is 65.4 Å². The molecular weight excluding hydrogens is 296 g/mol. The van der Waals surface area contributed by atoms with Crippen LogP contribution in [0.2, 0.25) is 0 Å². The molecule has 3 rings (SSSR count). The summed E-state index contributed by atoms with van der Waals surface area (Å²) >= 11 is 0. The zero-order valence-electron chi connectivity index (χ0n) is 15.8. The molecule has 0 N–H and O–H groups in total. The molecule has 3 aliphatic rings. The summed E-state index contributed by atoms with van der Waals surface area (Å²) in [5.41, 5.74) is 0. The van der Waals surface area contributed by atoms with Crippen molar-refractivity contribution in [2.24, 2.45) is 11.8 Å². The second kappa shape index (κ2) is 9.33. The summed E-state index contributed by atoms with van der Waals surface area (Å²) in [7, 11) is 0. The normalized spacial score (nSPS) is 31.1. The number of hydrogen-bond donors (Lipinski definition) is 0. The van der Waals surface area contributed by atoms with Crippen molar-refractivity contribution in [3.8, 4) is 0 Å². The van der Waals surface area contributed by atoms with Gasteiger partial charge < -0.3 is 4.90 Å². The fraction of sp³-hybridized carbons (Fsp3) is 0.850. The van der Waals surface area contributed by atoms with Crippen molar-refractivity contribution in [1.29, 1.82) is 0 Å².